The molecule has 30 heavy (non-hydrogen) atoms. The van der Waals surface area contributed by atoms with Crippen LogP contribution in [0.1, 0.15) is 45.1 Å². The van der Waals surface area contributed by atoms with Crippen molar-refractivity contribution in [3.05, 3.63) is 47.0 Å². The molecule has 0 saturated carbocycles. The number of amides is 2. The summed E-state index contributed by atoms with van der Waals surface area (Å²) < 4.78 is 15.4. The number of carbonyl (C=O) groups excluding carboxylic acids is 3. The predicted octanol–water partition coefficient (Wildman–Crippen LogP) is 4.02. The molecule has 0 fully saturated rings. The van der Waals surface area contributed by atoms with Crippen molar-refractivity contribution in [2.75, 3.05) is 11.9 Å². The zero-order chi connectivity index (χ0) is 22.1. The first-order chi connectivity index (χ1) is 14.1. The van der Waals surface area contributed by atoms with Gasteiger partial charge in [0.25, 0.3) is 0 Å². The largest absolute Gasteiger partial charge is 0.455 e. The monoisotopic (exact) mass is 435 g/mol. The fourth-order valence-electron chi connectivity index (χ4n) is 2.13. The van der Waals surface area contributed by atoms with E-state index in [1.807, 2.05) is 30.3 Å². The Hall–Kier alpha value is -3.14. The Labute approximate surface area is 178 Å². The molecule has 9 nitrogen and oxygen atoms in total. The number of nitrogens with one attached hydrogen (secondary N) is 2. The van der Waals surface area contributed by atoms with Gasteiger partial charge in [-0.05, 0) is 33.3 Å². The Balaban J connectivity index is 1.75. The van der Waals surface area contributed by atoms with E-state index >= 15 is 0 Å². The van der Waals surface area contributed by atoms with E-state index in [1.54, 1.807) is 33.1 Å². The molecule has 0 aliphatic carbocycles. The first-order valence-electron chi connectivity index (χ1n) is 9.22. The van der Waals surface area contributed by atoms with Crippen molar-refractivity contribution in [3.8, 4) is 0 Å². The summed E-state index contributed by atoms with van der Waals surface area (Å²) in [5.74, 6) is -0.641. The summed E-state index contributed by atoms with van der Waals surface area (Å²) in [6.07, 6.45) is -2.00. The van der Waals surface area contributed by atoms with Gasteiger partial charge in [-0.15, -0.1) is 11.3 Å². The SMILES string of the molecule is CC(OC(=O)CNC(=O)OC(C)(C)C)c1csc(NC(=O)OCc2ccccc2)n1. The zero-order valence-electron chi connectivity index (χ0n) is 17.3. The number of alkyl carbamates (subject to hydrolysis) is 1. The first-order valence-corrected chi connectivity index (χ1v) is 10.1. The Morgan fingerprint density at radius 2 is 1.83 bits per heavy atom. The number of ether oxygens (including phenoxy) is 3. The van der Waals surface area contributed by atoms with E-state index < -0.39 is 29.9 Å². The number of benzene rings is 1. The lowest BCUT2D eigenvalue weighted by atomic mass is 10.2. The molecule has 10 heteroatoms. The lowest BCUT2D eigenvalue weighted by molar-refractivity contribution is -0.147. The fourth-order valence-corrected chi connectivity index (χ4v) is 2.91. The minimum Gasteiger partial charge on any atom is -0.455 e. The molecule has 0 radical (unpaired) electrons. The number of esters is 1. The van der Waals surface area contributed by atoms with E-state index in [1.165, 1.54) is 11.3 Å². The van der Waals surface area contributed by atoms with Gasteiger partial charge in [0, 0.05) is 5.38 Å². The molecule has 2 N–H and O–H groups in total. The molecule has 1 aromatic heterocycles. The van der Waals surface area contributed by atoms with Gasteiger partial charge in [0.2, 0.25) is 0 Å². The molecule has 0 saturated heterocycles. The van der Waals surface area contributed by atoms with Crippen LogP contribution in [0.5, 0.6) is 0 Å². The van der Waals surface area contributed by atoms with E-state index in [9.17, 15) is 14.4 Å². The first kappa shape index (κ1) is 23.1. The standard InChI is InChI=1S/C20H25N3O6S/c1-13(28-16(24)10-21-18(25)29-20(2,3)4)15-12-30-17(22-15)23-19(26)27-11-14-8-6-5-7-9-14/h5-9,12-13H,10-11H2,1-4H3,(H,21,25)(H,22,23,26). The van der Waals surface area contributed by atoms with Gasteiger partial charge in [0.1, 0.15) is 24.9 Å². The summed E-state index contributed by atoms with van der Waals surface area (Å²) in [7, 11) is 0. The van der Waals surface area contributed by atoms with Gasteiger partial charge in [0.05, 0.1) is 5.69 Å². The smallest absolute Gasteiger partial charge is 0.413 e. The van der Waals surface area contributed by atoms with Crippen molar-refractivity contribution in [1.29, 1.82) is 0 Å². The lowest BCUT2D eigenvalue weighted by Gasteiger charge is -2.19. The summed E-state index contributed by atoms with van der Waals surface area (Å²) in [6, 6.07) is 9.29. The summed E-state index contributed by atoms with van der Waals surface area (Å²) in [5.41, 5.74) is 0.671. The maximum Gasteiger partial charge on any atom is 0.413 e. The van der Waals surface area contributed by atoms with Crippen molar-refractivity contribution in [2.45, 2.75) is 46.0 Å². The van der Waals surface area contributed by atoms with Gasteiger partial charge < -0.3 is 19.5 Å². The van der Waals surface area contributed by atoms with Crippen LogP contribution >= 0.6 is 11.3 Å². The molecule has 1 heterocycles. The quantitative estimate of drug-likeness (QED) is 0.498. The lowest BCUT2D eigenvalue weighted by Crippen LogP contribution is -2.36. The molecule has 0 spiro atoms. The highest BCUT2D eigenvalue weighted by Gasteiger charge is 2.19. The number of thiazole rings is 1. The van der Waals surface area contributed by atoms with E-state index in [0.717, 1.165) is 5.56 Å². The number of carbonyl (C=O) groups is 3. The van der Waals surface area contributed by atoms with E-state index in [-0.39, 0.29) is 13.2 Å². The van der Waals surface area contributed by atoms with E-state index in [2.05, 4.69) is 15.6 Å². The molecule has 162 valence electrons. The topological polar surface area (TPSA) is 116 Å². The van der Waals surface area contributed by atoms with Gasteiger partial charge in [-0.3, -0.25) is 10.1 Å². The molecular formula is C20H25N3O6S. The Morgan fingerprint density at radius 3 is 2.50 bits per heavy atom. The molecule has 1 aromatic carbocycles. The van der Waals surface area contributed by atoms with Crippen LogP contribution < -0.4 is 10.6 Å². The number of hydrogen-bond acceptors (Lipinski definition) is 8. The van der Waals surface area contributed by atoms with Gasteiger partial charge in [-0.1, -0.05) is 30.3 Å². The van der Waals surface area contributed by atoms with Crippen LogP contribution in [-0.2, 0) is 25.6 Å². The molecule has 1 atom stereocenters. The highest BCUT2D eigenvalue weighted by atomic mass is 32.1. The Kier molecular flexibility index (Phi) is 8.16. The van der Waals surface area contributed by atoms with Crippen molar-refractivity contribution >= 4 is 34.6 Å². The molecule has 1 unspecified atom stereocenters. The summed E-state index contributed by atoms with van der Waals surface area (Å²) in [5, 5.41) is 6.84. The molecule has 2 rings (SSSR count). The van der Waals surface area contributed by atoms with Gasteiger partial charge in [-0.25, -0.2) is 14.6 Å². The van der Waals surface area contributed by atoms with Crippen molar-refractivity contribution < 1.29 is 28.6 Å². The average Bonchev–Trinajstić information content (AvgIpc) is 3.13. The summed E-state index contributed by atoms with van der Waals surface area (Å²) in [6.45, 7) is 6.61. The van der Waals surface area contributed by atoms with Crippen LogP contribution in [-0.4, -0.2) is 35.3 Å². The average molecular weight is 436 g/mol. The van der Waals surface area contributed by atoms with Gasteiger partial charge >= 0.3 is 18.2 Å². The number of aromatic nitrogens is 1. The second kappa shape index (κ2) is 10.6. The van der Waals surface area contributed by atoms with Crippen LogP contribution in [0, 0.1) is 0 Å². The molecule has 0 bridgehead atoms. The van der Waals surface area contributed by atoms with Crippen LogP contribution in [0.3, 0.4) is 0 Å². The highest BCUT2D eigenvalue weighted by molar-refractivity contribution is 7.13. The molecule has 0 aliphatic heterocycles. The van der Waals surface area contributed by atoms with Crippen molar-refractivity contribution in [2.24, 2.45) is 0 Å². The van der Waals surface area contributed by atoms with Crippen LogP contribution in [0.4, 0.5) is 14.7 Å². The van der Waals surface area contributed by atoms with Crippen LogP contribution in [0.25, 0.3) is 0 Å². The number of nitrogens with zero attached hydrogens (tertiary/aromatic N) is 1. The van der Waals surface area contributed by atoms with Crippen molar-refractivity contribution in [3.63, 3.8) is 0 Å². The van der Waals surface area contributed by atoms with E-state index in [4.69, 9.17) is 14.2 Å². The van der Waals surface area contributed by atoms with Gasteiger partial charge in [-0.2, -0.15) is 0 Å². The second-order valence-electron chi connectivity index (χ2n) is 7.25. The van der Waals surface area contributed by atoms with Crippen LogP contribution in [0.2, 0.25) is 0 Å². The molecule has 2 amide bonds. The third kappa shape index (κ3) is 8.48. The summed E-state index contributed by atoms with van der Waals surface area (Å²) in [4.78, 5) is 39.6. The van der Waals surface area contributed by atoms with Crippen LogP contribution in [0.15, 0.2) is 35.7 Å². The minimum atomic E-state index is -0.707. The summed E-state index contributed by atoms with van der Waals surface area (Å²) >= 11 is 1.18. The normalized spacial score (nSPS) is 11.9. The van der Waals surface area contributed by atoms with Crippen molar-refractivity contribution in [1.82, 2.24) is 10.3 Å². The van der Waals surface area contributed by atoms with E-state index in [0.29, 0.717) is 10.8 Å². The number of anilines is 1. The highest BCUT2D eigenvalue weighted by Crippen LogP contribution is 2.23. The van der Waals surface area contributed by atoms with Gasteiger partial charge in [0.15, 0.2) is 5.13 Å². The third-order valence-electron chi connectivity index (χ3n) is 3.44. The molecule has 0 aliphatic rings. The Bertz CT molecular complexity index is 863. The minimum absolute atomic E-state index is 0.142. The number of rotatable bonds is 7. The maximum absolute atomic E-state index is 11.9. The fraction of sp³-hybridized carbons (Fsp3) is 0.400. The Morgan fingerprint density at radius 1 is 1.13 bits per heavy atom. The second-order valence-corrected chi connectivity index (χ2v) is 8.11. The number of hydrogen-bond donors (Lipinski definition) is 2. The zero-order valence-corrected chi connectivity index (χ0v) is 18.1. The predicted molar refractivity (Wildman–Crippen MR) is 111 cm³/mol. The molecular weight excluding hydrogens is 410 g/mol. The third-order valence-corrected chi connectivity index (χ3v) is 4.22. The molecule has 2 aromatic rings. The maximum atomic E-state index is 11.9.